The summed E-state index contributed by atoms with van der Waals surface area (Å²) < 4.78 is 10.6. The van der Waals surface area contributed by atoms with Crippen molar-refractivity contribution in [3.8, 4) is 5.75 Å². The molecule has 3 aliphatic rings. The minimum absolute atomic E-state index is 0.383. The molecule has 2 heterocycles. The van der Waals surface area contributed by atoms with Gasteiger partial charge >= 0.3 is 6.09 Å². The Bertz CT molecular complexity index is 779. The van der Waals surface area contributed by atoms with E-state index in [0.717, 1.165) is 30.9 Å². The lowest BCUT2D eigenvalue weighted by molar-refractivity contribution is 0.179. The zero-order valence-corrected chi connectivity index (χ0v) is 20.5. The highest BCUT2D eigenvalue weighted by Gasteiger charge is 2.27. The molecule has 9 heteroatoms. The molecule has 1 aromatic rings. The number of nitrogens with zero attached hydrogens (tertiary/aromatic N) is 1. The highest BCUT2D eigenvalue weighted by Crippen LogP contribution is 2.23. The Balaban J connectivity index is 1.50. The first-order chi connectivity index (χ1) is 16.7. The number of hydrogen-bond acceptors (Lipinski definition) is 8. The Morgan fingerprint density at radius 1 is 0.912 bits per heavy atom. The van der Waals surface area contributed by atoms with Crippen LogP contribution in [0.3, 0.4) is 0 Å². The van der Waals surface area contributed by atoms with E-state index in [2.05, 4.69) is 26.6 Å². The van der Waals surface area contributed by atoms with E-state index in [1.165, 1.54) is 44.9 Å². The third-order valence-electron chi connectivity index (χ3n) is 7.32. The predicted molar refractivity (Wildman–Crippen MR) is 132 cm³/mol. The van der Waals surface area contributed by atoms with Gasteiger partial charge in [0, 0.05) is 64.0 Å². The Morgan fingerprint density at radius 2 is 1.50 bits per heavy atom. The number of ether oxygens (including phenoxy) is 2. The second-order valence-electron chi connectivity index (χ2n) is 9.72. The quantitative estimate of drug-likeness (QED) is 0.421. The average Bonchev–Trinajstić information content (AvgIpc) is 2.86. The van der Waals surface area contributed by atoms with Crippen molar-refractivity contribution in [3.63, 3.8) is 0 Å². The second kappa shape index (κ2) is 13.3. The smallest absolute Gasteiger partial charge is 0.408 e. The summed E-state index contributed by atoms with van der Waals surface area (Å²) in [6, 6.07) is 5.62. The molecule has 4 rings (SSSR count). The number of nitrogens with one attached hydrogen (secondary N) is 5. The number of carbonyl (C=O) groups excluding carboxylic acids is 1. The number of rotatable bonds is 4. The van der Waals surface area contributed by atoms with Crippen molar-refractivity contribution in [2.75, 3.05) is 33.4 Å². The van der Waals surface area contributed by atoms with Crippen LogP contribution in [0.15, 0.2) is 12.1 Å². The molecule has 1 amide bonds. The molecule has 9 nitrogen and oxygen atoms in total. The standard InChI is InChI=1S/C25H42N6O3/c1-33-15-14-28-25(32)34-24-11-10-18-16-29-21-8-4-2-6-19(21)26-12-13-27-20-7-3-5-9-22(20)30-17-23(24)31-18/h10-11,19-22,26-27,29-30H,2-9,12-17H2,1H3,(H,28,32)/t19-,20-,21-,22-/m1/s1. The maximum Gasteiger partial charge on any atom is 0.412 e. The number of hydrogen-bond donors (Lipinski definition) is 5. The summed E-state index contributed by atoms with van der Waals surface area (Å²) in [5.74, 6) is 0.507. The van der Waals surface area contributed by atoms with Gasteiger partial charge in [0.15, 0.2) is 5.75 Å². The van der Waals surface area contributed by atoms with Gasteiger partial charge in [-0.1, -0.05) is 25.7 Å². The number of pyridine rings is 1. The van der Waals surface area contributed by atoms with E-state index in [0.29, 0.717) is 56.2 Å². The summed E-state index contributed by atoms with van der Waals surface area (Å²) in [6.45, 7) is 4.11. The van der Waals surface area contributed by atoms with E-state index < -0.39 is 6.09 Å². The summed E-state index contributed by atoms with van der Waals surface area (Å²) in [6.07, 6.45) is 9.31. The van der Waals surface area contributed by atoms with Crippen LogP contribution >= 0.6 is 0 Å². The van der Waals surface area contributed by atoms with Crippen LogP contribution in [0.5, 0.6) is 5.75 Å². The fourth-order valence-corrected chi connectivity index (χ4v) is 5.46. The lowest BCUT2D eigenvalue weighted by atomic mass is 9.89. The van der Waals surface area contributed by atoms with Gasteiger partial charge in [-0.15, -0.1) is 0 Å². The summed E-state index contributed by atoms with van der Waals surface area (Å²) >= 11 is 0. The van der Waals surface area contributed by atoms with E-state index in [4.69, 9.17) is 14.5 Å². The maximum absolute atomic E-state index is 12.3. The molecule has 0 aromatic carbocycles. The Hall–Kier alpha value is -1.78. The van der Waals surface area contributed by atoms with E-state index in [1.807, 2.05) is 12.1 Å². The Labute approximate surface area is 203 Å². The fraction of sp³-hybridized carbons (Fsp3) is 0.760. The van der Waals surface area contributed by atoms with Crippen molar-refractivity contribution in [1.82, 2.24) is 31.6 Å². The molecular weight excluding hydrogens is 432 g/mol. The number of fused-ring (bicyclic) bond motifs is 4. The van der Waals surface area contributed by atoms with Crippen molar-refractivity contribution in [1.29, 1.82) is 0 Å². The number of aromatic nitrogens is 1. The van der Waals surface area contributed by atoms with Crippen LogP contribution in [-0.2, 0) is 17.8 Å². The van der Waals surface area contributed by atoms with Crippen LogP contribution in [-0.4, -0.2) is 68.6 Å². The van der Waals surface area contributed by atoms with Crippen LogP contribution in [0.25, 0.3) is 0 Å². The molecule has 0 saturated heterocycles. The molecule has 0 spiro atoms. The van der Waals surface area contributed by atoms with Gasteiger partial charge in [0.1, 0.15) is 0 Å². The van der Waals surface area contributed by atoms with Crippen LogP contribution in [0.4, 0.5) is 4.79 Å². The molecule has 5 N–H and O–H groups in total. The summed E-state index contributed by atoms with van der Waals surface area (Å²) in [7, 11) is 1.60. The lowest BCUT2D eigenvalue weighted by Gasteiger charge is -2.34. The van der Waals surface area contributed by atoms with Crippen molar-refractivity contribution in [2.24, 2.45) is 0 Å². The van der Waals surface area contributed by atoms with E-state index in [-0.39, 0.29) is 0 Å². The van der Waals surface area contributed by atoms with Crippen molar-refractivity contribution < 1.29 is 14.3 Å². The first-order valence-corrected chi connectivity index (χ1v) is 13.1. The largest absolute Gasteiger partial charge is 0.412 e. The first kappa shape index (κ1) is 25.3. The van der Waals surface area contributed by atoms with Gasteiger partial charge in [-0.2, -0.15) is 0 Å². The molecule has 1 aromatic heterocycles. The lowest BCUT2D eigenvalue weighted by Crippen LogP contribution is -2.53. The first-order valence-electron chi connectivity index (χ1n) is 13.1. The van der Waals surface area contributed by atoms with Gasteiger partial charge in [0.25, 0.3) is 0 Å². The molecule has 2 bridgehead atoms. The summed E-state index contributed by atoms with van der Waals surface area (Å²) in [5.41, 5.74) is 1.75. The molecule has 190 valence electrons. The molecule has 4 atom stereocenters. The number of methoxy groups -OCH3 is 1. The highest BCUT2D eigenvalue weighted by molar-refractivity contribution is 5.70. The normalized spacial score (nSPS) is 28.5. The topological polar surface area (TPSA) is 109 Å². The fourth-order valence-electron chi connectivity index (χ4n) is 5.46. The molecule has 1 aliphatic heterocycles. The van der Waals surface area contributed by atoms with Crippen LogP contribution in [0, 0.1) is 0 Å². The molecule has 0 unspecified atom stereocenters. The molecule has 0 radical (unpaired) electrons. The van der Waals surface area contributed by atoms with Crippen molar-refractivity contribution in [3.05, 3.63) is 23.5 Å². The van der Waals surface area contributed by atoms with Gasteiger partial charge in [-0.05, 0) is 37.8 Å². The number of carbonyl (C=O) groups is 1. The zero-order chi connectivity index (χ0) is 23.6. The van der Waals surface area contributed by atoms with Crippen LogP contribution in [0.2, 0.25) is 0 Å². The van der Waals surface area contributed by atoms with Gasteiger partial charge in [-0.25, -0.2) is 4.79 Å². The molecule has 2 saturated carbocycles. The monoisotopic (exact) mass is 474 g/mol. The van der Waals surface area contributed by atoms with Gasteiger partial charge in [-0.3, -0.25) is 4.98 Å². The van der Waals surface area contributed by atoms with Crippen LogP contribution < -0.4 is 31.3 Å². The summed E-state index contributed by atoms with van der Waals surface area (Å²) in [4.78, 5) is 17.2. The molecular formula is C25H42N6O3. The van der Waals surface area contributed by atoms with E-state index in [9.17, 15) is 4.79 Å². The van der Waals surface area contributed by atoms with Crippen molar-refractivity contribution >= 4 is 6.09 Å². The van der Waals surface area contributed by atoms with Crippen LogP contribution in [0.1, 0.15) is 62.8 Å². The Morgan fingerprint density at radius 3 is 2.12 bits per heavy atom. The second-order valence-corrected chi connectivity index (χ2v) is 9.72. The third-order valence-corrected chi connectivity index (χ3v) is 7.32. The van der Waals surface area contributed by atoms with Gasteiger partial charge < -0.3 is 36.1 Å². The average molecular weight is 475 g/mol. The zero-order valence-electron chi connectivity index (χ0n) is 20.5. The SMILES string of the molecule is COCCNC(=O)Oc1ccc2nc1CN[C@@H]1CCCC[C@H]1NCCN[C@@H]1CCCC[C@H]1NC2. The third kappa shape index (κ3) is 7.36. The minimum Gasteiger partial charge on any atom is -0.408 e. The predicted octanol–water partition coefficient (Wildman–Crippen LogP) is 1.81. The maximum atomic E-state index is 12.3. The summed E-state index contributed by atoms with van der Waals surface area (Å²) in [5, 5.41) is 17.8. The van der Waals surface area contributed by atoms with E-state index >= 15 is 0 Å². The van der Waals surface area contributed by atoms with E-state index in [1.54, 1.807) is 7.11 Å². The van der Waals surface area contributed by atoms with Gasteiger partial charge in [0.05, 0.1) is 18.0 Å². The number of amides is 1. The van der Waals surface area contributed by atoms with Crippen molar-refractivity contribution in [2.45, 2.75) is 88.6 Å². The van der Waals surface area contributed by atoms with Gasteiger partial charge in [0.2, 0.25) is 0 Å². The molecule has 2 aliphatic carbocycles. The minimum atomic E-state index is -0.481. The molecule has 2 fully saturated rings. The Kier molecular flexibility index (Phi) is 9.94. The highest BCUT2D eigenvalue weighted by atomic mass is 16.6. The molecule has 34 heavy (non-hydrogen) atoms.